The molecular formula is C10H12BrNO2. The van der Waals surface area contributed by atoms with E-state index in [-0.39, 0.29) is 11.2 Å². The van der Waals surface area contributed by atoms with E-state index in [1.807, 2.05) is 25.1 Å². The van der Waals surface area contributed by atoms with Crippen LogP contribution in [0.3, 0.4) is 0 Å². The van der Waals surface area contributed by atoms with Gasteiger partial charge in [0.1, 0.15) is 5.75 Å². The minimum absolute atomic E-state index is 0.0890. The summed E-state index contributed by atoms with van der Waals surface area (Å²) >= 11 is 3.08. The lowest BCUT2D eigenvalue weighted by atomic mass is 10.2. The van der Waals surface area contributed by atoms with E-state index in [1.54, 1.807) is 7.11 Å². The van der Waals surface area contributed by atoms with Crippen molar-refractivity contribution in [3.8, 4) is 5.75 Å². The highest BCUT2D eigenvalue weighted by atomic mass is 79.9. The largest absolute Gasteiger partial charge is 0.495 e. The number of amides is 1. The molecule has 3 nitrogen and oxygen atoms in total. The molecule has 1 aromatic rings. The molecular weight excluding hydrogens is 246 g/mol. The fourth-order valence-corrected chi connectivity index (χ4v) is 1.24. The maximum atomic E-state index is 11.1. The number of ether oxygens (including phenoxy) is 1. The van der Waals surface area contributed by atoms with Crippen molar-refractivity contribution in [1.29, 1.82) is 0 Å². The Bertz CT molecular complexity index is 339. The lowest BCUT2D eigenvalue weighted by Crippen LogP contribution is -2.13. The van der Waals surface area contributed by atoms with Crippen LogP contribution in [0.25, 0.3) is 0 Å². The van der Waals surface area contributed by atoms with Crippen LogP contribution in [-0.2, 0) is 4.79 Å². The van der Waals surface area contributed by atoms with Gasteiger partial charge in [0.2, 0.25) is 5.91 Å². The number of methoxy groups -OCH3 is 1. The molecule has 1 N–H and O–H groups in total. The predicted molar refractivity (Wildman–Crippen MR) is 60.2 cm³/mol. The lowest BCUT2D eigenvalue weighted by Gasteiger charge is -2.09. The van der Waals surface area contributed by atoms with Crippen LogP contribution >= 0.6 is 15.9 Å². The first kappa shape index (κ1) is 11.0. The van der Waals surface area contributed by atoms with E-state index in [0.29, 0.717) is 11.4 Å². The van der Waals surface area contributed by atoms with Crippen molar-refractivity contribution in [2.75, 3.05) is 17.8 Å². The summed E-state index contributed by atoms with van der Waals surface area (Å²) in [6, 6.07) is 5.64. The van der Waals surface area contributed by atoms with Gasteiger partial charge in [0.15, 0.2) is 0 Å². The highest BCUT2D eigenvalue weighted by molar-refractivity contribution is 9.09. The maximum absolute atomic E-state index is 11.1. The average Bonchev–Trinajstić information content (AvgIpc) is 2.18. The van der Waals surface area contributed by atoms with Gasteiger partial charge in [-0.25, -0.2) is 0 Å². The Balaban J connectivity index is 2.93. The van der Waals surface area contributed by atoms with Crippen molar-refractivity contribution in [3.63, 3.8) is 0 Å². The van der Waals surface area contributed by atoms with E-state index in [2.05, 4.69) is 21.2 Å². The molecule has 0 saturated heterocycles. The average molecular weight is 258 g/mol. The summed E-state index contributed by atoms with van der Waals surface area (Å²) < 4.78 is 5.12. The monoisotopic (exact) mass is 257 g/mol. The Morgan fingerprint density at radius 3 is 2.86 bits per heavy atom. The van der Waals surface area contributed by atoms with Crippen LogP contribution in [0, 0.1) is 6.92 Å². The summed E-state index contributed by atoms with van der Waals surface area (Å²) in [6.45, 7) is 1.96. The van der Waals surface area contributed by atoms with Crippen LogP contribution in [0.1, 0.15) is 5.56 Å². The third-order valence-electron chi connectivity index (χ3n) is 1.75. The molecule has 0 atom stereocenters. The van der Waals surface area contributed by atoms with E-state index >= 15 is 0 Å². The summed E-state index contributed by atoms with van der Waals surface area (Å²) in [5.74, 6) is 0.582. The molecule has 0 bridgehead atoms. The smallest absolute Gasteiger partial charge is 0.235 e. The molecule has 0 aliphatic heterocycles. The zero-order chi connectivity index (χ0) is 10.6. The number of alkyl halides is 1. The first-order valence-corrected chi connectivity index (χ1v) is 5.30. The van der Waals surface area contributed by atoms with E-state index in [0.717, 1.165) is 5.56 Å². The van der Waals surface area contributed by atoms with Crippen LogP contribution < -0.4 is 10.1 Å². The van der Waals surface area contributed by atoms with Crippen molar-refractivity contribution in [2.24, 2.45) is 0 Å². The Morgan fingerprint density at radius 1 is 1.57 bits per heavy atom. The number of carbonyl (C=O) groups is 1. The second-order valence-corrected chi connectivity index (χ2v) is 3.45. The van der Waals surface area contributed by atoms with Gasteiger partial charge in [0, 0.05) is 0 Å². The third kappa shape index (κ3) is 2.73. The number of nitrogens with one attached hydrogen (secondary N) is 1. The van der Waals surface area contributed by atoms with Crippen LogP contribution in [0.15, 0.2) is 18.2 Å². The molecule has 0 heterocycles. The zero-order valence-corrected chi connectivity index (χ0v) is 9.72. The van der Waals surface area contributed by atoms with E-state index < -0.39 is 0 Å². The van der Waals surface area contributed by atoms with Crippen molar-refractivity contribution < 1.29 is 9.53 Å². The molecule has 1 aromatic carbocycles. The minimum atomic E-state index is -0.0890. The number of rotatable bonds is 3. The van der Waals surface area contributed by atoms with Crippen LogP contribution in [-0.4, -0.2) is 18.3 Å². The number of hydrogen-bond donors (Lipinski definition) is 1. The fraction of sp³-hybridized carbons (Fsp3) is 0.300. The van der Waals surface area contributed by atoms with E-state index in [9.17, 15) is 4.79 Å². The number of hydrogen-bond acceptors (Lipinski definition) is 2. The fourth-order valence-electron chi connectivity index (χ4n) is 1.10. The Kier molecular flexibility index (Phi) is 3.95. The normalized spacial score (nSPS) is 9.64. The Hall–Kier alpha value is -1.03. The van der Waals surface area contributed by atoms with Gasteiger partial charge in [-0.15, -0.1) is 0 Å². The van der Waals surface area contributed by atoms with E-state index in [4.69, 9.17) is 4.74 Å². The molecule has 0 aliphatic rings. The Morgan fingerprint density at radius 2 is 2.29 bits per heavy atom. The number of halogens is 1. The lowest BCUT2D eigenvalue weighted by molar-refractivity contribution is -0.113. The number of anilines is 1. The summed E-state index contributed by atoms with van der Waals surface area (Å²) in [5.41, 5.74) is 1.78. The van der Waals surface area contributed by atoms with Crippen molar-refractivity contribution in [1.82, 2.24) is 0 Å². The summed E-state index contributed by atoms with van der Waals surface area (Å²) in [6.07, 6.45) is 0. The maximum Gasteiger partial charge on any atom is 0.235 e. The van der Waals surface area contributed by atoms with Gasteiger partial charge in [-0.05, 0) is 24.6 Å². The molecule has 0 aromatic heterocycles. The second kappa shape index (κ2) is 5.00. The summed E-state index contributed by atoms with van der Waals surface area (Å²) in [7, 11) is 1.58. The molecule has 0 aliphatic carbocycles. The quantitative estimate of drug-likeness (QED) is 0.845. The first-order chi connectivity index (χ1) is 6.67. The highest BCUT2D eigenvalue weighted by Crippen LogP contribution is 2.24. The number of carbonyl (C=O) groups excluding carboxylic acids is 1. The van der Waals surface area contributed by atoms with E-state index in [1.165, 1.54) is 0 Å². The Labute approximate surface area is 91.6 Å². The van der Waals surface area contributed by atoms with Crippen molar-refractivity contribution in [3.05, 3.63) is 23.8 Å². The standard InChI is InChI=1S/C10H12BrNO2/c1-7-3-4-9(14-2)8(5-7)12-10(13)6-11/h3-5H,6H2,1-2H3,(H,12,13). The van der Waals surface area contributed by atoms with Gasteiger partial charge in [-0.2, -0.15) is 0 Å². The molecule has 0 saturated carbocycles. The molecule has 76 valence electrons. The number of benzene rings is 1. The highest BCUT2D eigenvalue weighted by Gasteiger charge is 2.05. The summed E-state index contributed by atoms with van der Waals surface area (Å²) in [4.78, 5) is 11.1. The van der Waals surface area contributed by atoms with Crippen LogP contribution in [0.2, 0.25) is 0 Å². The second-order valence-electron chi connectivity index (χ2n) is 2.89. The predicted octanol–water partition coefficient (Wildman–Crippen LogP) is 2.34. The van der Waals surface area contributed by atoms with Gasteiger partial charge >= 0.3 is 0 Å². The zero-order valence-electron chi connectivity index (χ0n) is 8.13. The van der Waals surface area contributed by atoms with Gasteiger partial charge in [-0.3, -0.25) is 4.79 Å². The topological polar surface area (TPSA) is 38.3 Å². The van der Waals surface area contributed by atoms with Crippen molar-refractivity contribution >= 4 is 27.5 Å². The first-order valence-electron chi connectivity index (χ1n) is 4.18. The SMILES string of the molecule is COc1ccc(C)cc1NC(=O)CBr. The molecule has 0 unspecified atom stereocenters. The van der Waals surface area contributed by atoms with Crippen molar-refractivity contribution in [2.45, 2.75) is 6.92 Å². The molecule has 1 amide bonds. The van der Waals surface area contributed by atoms with Crippen LogP contribution in [0.4, 0.5) is 5.69 Å². The molecule has 14 heavy (non-hydrogen) atoms. The molecule has 0 spiro atoms. The van der Waals surface area contributed by atoms with Gasteiger partial charge in [-0.1, -0.05) is 22.0 Å². The molecule has 0 fully saturated rings. The van der Waals surface area contributed by atoms with Gasteiger partial charge in [0.25, 0.3) is 0 Å². The minimum Gasteiger partial charge on any atom is -0.495 e. The van der Waals surface area contributed by atoms with Crippen LogP contribution in [0.5, 0.6) is 5.75 Å². The molecule has 4 heteroatoms. The third-order valence-corrected chi connectivity index (χ3v) is 2.26. The molecule has 1 rings (SSSR count). The summed E-state index contributed by atoms with van der Waals surface area (Å²) in [5, 5.41) is 3.02. The van der Waals surface area contributed by atoms with Gasteiger partial charge in [0.05, 0.1) is 18.1 Å². The molecule has 0 radical (unpaired) electrons. The number of aryl methyl sites for hydroxylation is 1. The van der Waals surface area contributed by atoms with Gasteiger partial charge < -0.3 is 10.1 Å².